The van der Waals surface area contributed by atoms with Gasteiger partial charge in [-0.3, -0.25) is 4.79 Å². The van der Waals surface area contributed by atoms with Crippen LogP contribution in [0.15, 0.2) is 52.5 Å². The molecule has 116 valence electrons. The van der Waals surface area contributed by atoms with Crippen molar-refractivity contribution < 1.29 is 13.9 Å². The Morgan fingerprint density at radius 3 is 3.04 bits per heavy atom. The molecule has 3 aromatic rings. The van der Waals surface area contributed by atoms with Crippen LogP contribution in [0.5, 0.6) is 5.75 Å². The Bertz CT molecular complexity index is 801. The number of nitrogens with zero attached hydrogens (tertiary/aromatic N) is 1. The van der Waals surface area contributed by atoms with E-state index >= 15 is 0 Å². The lowest BCUT2D eigenvalue weighted by molar-refractivity contribution is -0.127. The van der Waals surface area contributed by atoms with Crippen LogP contribution in [0.25, 0.3) is 10.8 Å². The van der Waals surface area contributed by atoms with E-state index in [2.05, 4.69) is 10.3 Å². The zero-order valence-electron chi connectivity index (χ0n) is 12.2. The average molecular weight is 326 g/mol. The summed E-state index contributed by atoms with van der Waals surface area (Å²) in [6, 6.07) is 11.6. The summed E-state index contributed by atoms with van der Waals surface area (Å²) in [5.41, 5.74) is 1.76. The smallest absolute Gasteiger partial charge is 0.261 e. The standard InChI is InChI=1S/C17H14N2O3S/c20-16(14-8-11-4-1-2-5-13(11)22-14)18-9-12-10-21-17(19-12)15-6-3-7-23-15/h1-7,10,14H,8-9H2,(H,18,20)/t14-/m1/s1. The van der Waals surface area contributed by atoms with Crippen molar-refractivity contribution in [2.45, 2.75) is 19.1 Å². The first-order valence-corrected chi connectivity index (χ1v) is 8.18. The molecule has 0 radical (unpaired) electrons. The van der Waals surface area contributed by atoms with Gasteiger partial charge in [-0.1, -0.05) is 24.3 Å². The lowest BCUT2D eigenvalue weighted by Gasteiger charge is -2.10. The molecule has 23 heavy (non-hydrogen) atoms. The van der Waals surface area contributed by atoms with Crippen LogP contribution in [-0.4, -0.2) is 17.0 Å². The van der Waals surface area contributed by atoms with E-state index < -0.39 is 6.10 Å². The maximum atomic E-state index is 12.2. The van der Waals surface area contributed by atoms with E-state index in [1.807, 2.05) is 41.8 Å². The molecule has 6 heteroatoms. The minimum Gasteiger partial charge on any atom is -0.480 e. The van der Waals surface area contributed by atoms with Crippen molar-refractivity contribution in [3.05, 3.63) is 59.3 Å². The third kappa shape index (κ3) is 2.85. The molecule has 0 bridgehead atoms. The Balaban J connectivity index is 1.36. The molecule has 2 aromatic heterocycles. The molecule has 0 saturated carbocycles. The van der Waals surface area contributed by atoms with Crippen LogP contribution in [-0.2, 0) is 17.8 Å². The number of thiophene rings is 1. The fraction of sp³-hybridized carbons (Fsp3) is 0.176. The van der Waals surface area contributed by atoms with Crippen molar-refractivity contribution in [2.75, 3.05) is 0 Å². The molecule has 1 aromatic carbocycles. The predicted molar refractivity (Wildman–Crippen MR) is 86.2 cm³/mol. The summed E-state index contributed by atoms with van der Waals surface area (Å²) in [4.78, 5) is 17.6. The molecule has 5 nitrogen and oxygen atoms in total. The molecule has 1 atom stereocenters. The highest BCUT2D eigenvalue weighted by Crippen LogP contribution is 2.28. The first-order chi connectivity index (χ1) is 11.3. The predicted octanol–water partition coefficient (Wildman–Crippen LogP) is 3.02. The molecule has 1 amide bonds. The first kappa shape index (κ1) is 14.0. The maximum absolute atomic E-state index is 12.2. The second kappa shape index (κ2) is 5.89. The van der Waals surface area contributed by atoms with Gasteiger partial charge < -0.3 is 14.5 Å². The van der Waals surface area contributed by atoms with Gasteiger partial charge in [-0.25, -0.2) is 4.98 Å². The molecule has 0 aliphatic carbocycles. The average Bonchev–Trinajstić information content (AvgIpc) is 3.31. The second-order valence-corrected chi connectivity index (χ2v) is 6.21. The van der Waals surface area contributed by atoms with Crippen molar-refractivity contribution in [1.29, 1.82) is 0 Å². The van der Waals surface area contributed by atoms with Crippen molar-refractivity contribution in [3.63, 3.8) is 0 Å². The van der Waals surface area contributed by atoms with E-state index in [1.165, 1.54) is 0 Å². The zero-order valence-corrected chi connectivity index (χ0v) is 13.0. The number of carbonyl (C=O) groups excluding carboxylic acids is 1. The Morgan fingerprint density at radius 2 is 2.22 bits per heavy atom. The van der Waals surface area contributed by atoms with Gasteiger partial charge in [0.1, 0.15) is 12.0 Å². The molecule has 1 N–H and O–H groups in total. The summed E-state index contributed by atoms with van der Waals surface area (Å²) in [6.45, 7) is 0.323. The summed E-state index contributed by atoms with van der Waals surface area (Å²) < 4.78 is 11.1. The normalized spacial score (nSPS) is 15.9. The molecule has 1 aliphatic rings. The van der Waals surface area contributed by atoms with E-state index in [9.17, 15) is 4.79 Å². The number of hydrogen-bond acceptors (Lipinski definition) is 5. The highest BCUT2D eigenvalue weighted by atomic mass is 32.1. The molecule has 0 fully saturated rings. The van der Waals surface area contributed by atoms with E-state index in [4.69, 9.17) is 9.15 Å². The third-order valence-corrected chi connectivity index (χ3v) is 4.52. The first-order valence-electron chi connectivity index (χ1n) is 7.30. The number of ether oxygens (including phenoxy) is 1. The molecule has 0 spiro atoms. The minimum atomic E-state index is -0.476. The lowest BCUT2D eigenvalue weighted by atomic mass is 10.1. The fourth-order valence-electron chi connectivity index (χ4n) is 2.52. The molecule has 4 rings (SSSR count). The number of fused-ring (bicyclic) bond motifs is 1. The number of amides is 1. The van der Waals surface area contributed by atoms with Gasteiger partial charge in [0, 0.05) is 6.42 Å². The molecular formula is C17H14N2O3S. The Morgan fingerprint density at radius 1 is 1.30 bits per heavy atom. The van der Waals surface area contributed by atoms with Gasteiger partial charge in [-0.05, 0) is 23.1 Å². The molecule has 3 heterocycles. The molecular weight excluding hydrogens is 312 g/mol. The zero-order chi connectivity index (χ0) is 15.6. The quantitative estimate of drug-likeness (QED) is 0.800. The minimum absolute atomic E-state index is 0.137. The molecule has 0 unspecified atom stereocenters. The van der Waals surface area contributed by atoms with Crippen molar-refractivity contribution >= 4 is 17.2 Å². The van der Waals surface area contributed by atoms with Gasteiger partial charge in [-0.2, -0.15) is 0 Å². The van der Waals surface area contributed by atoms with E-state index in [0.29, 0.717) is 24.6 Å². The van der Waals surface area contributed by atoms with Crippen molar-refractivity contribution in [3.8, 4) is 16.5 Å². The summed E-state index contributed by atoms with van der Waals surface area (Å²) in [5.74, 6) is 1.23. The van der Waals surface area contributed by atoms with Gasteiger partial charge in [0.15, 0.2) is 6.10 Å². The number of rotatable bonds is 4. The number of nitrogens with one attached hydrogen (secondary N) is 1. The maximum Gasteiger partial charge on any atom is 0.261 e. The number of oxazole rings is 1. The summed E-state index contributed by atoms with van der Waals surface area (Å²) in [6.07, 6.45) is 1.69. The van der Waals surface area contributed by atoms with Gasteiger partial charge in [-0.15, -0.1) is 11.3 Å². The lowest BCUT2D eigenvalue weighted by Crippen LogP contribution is -2.37. The Kier molecular flexibility index (Phi) is 3.59. The van der Waals surface area contributed by atoms with Crippen molar-refractivity contribution in [2.24, 2.45) is 0 Å². The number of benzene rings is 1. The number of para-hydroxylation sites is 1. The summed E-state index contributed by atoms with van der Waals surface area (Å²) >= 11 is 1.56. The highest BCUT2D eigenvalue weighted by molar-refractivity contribution is 7.13. The van der Waals surface area contributed by atoms with Crippen LogP contribution in [0.4, 0.5) is 0 Å². The second-order valence-electron chi connectivity index (χ2n) is 5.26. The monoisotopic (exact) mass is 326 g/mol. The van der Waals surface area contributed by atoms with Gasteiger partial charge in [0.2, 0.25) is 5.89 Å². The van der Waals surface area contributed by atoms with Gasteiger partial charge in [0.05, 0.1) is 17.1 Å². The van der Waals surface area contributed by atoms with Crippen molar-refractivity contribution in [1.82, 2.24) is 10.3 Å². The number of aromatic nitrogens is 1. The fourth-order valence-corrected chi connectivity index (χ4v) is 3.18. The number of hydrogen-bond donors (Lipinski definition) is 1. The van der Waals surface area contributed by atoms with Crippen LogP contribution in [0, 0.1) is 0 Å². The van der Waals surface area contributed by atoms with Crippen LogP contribution in [0.1, 0.15) is 11.3 Å². The van der Waals surface area contributed by atoms with Crippen LogP contribution < -0.4 is 10.1 Å². The van der Waals surface area contributed by atoms with E-state index in [1.54, 1.807) is 17.6 Å². The van der Waals surface area contributed by atoms with Crippen LogP contribution in [0.2, 0.25) is 0 Å². The molecule has 0 saturated heterocycles. The third-order valence-electron chi connectivity index (χ3n) is 3.67. The Labute approximate surface area is 136 Å². The SMILES string of the molecule is O=C(NCc1coc(-c2cccs2)n1)[C@H]1Cc2ccccc2O1. The number of carbonyl (C=O) groups is 1. The topological polar surface area (TPSA) is 64.4 Å². The Hall–Kier alpha value is -2.60. The van der Waals surface area contributed by atoms with E-state index in [-0.39, 0.29) is 5.91 Å². The summed E-state index contributed by atoms with van der Waals surface area (Å²) in [7, 11) is 0. The van der Waals surface area contributed by atoms with Gasteiger partial charge in [0.25, 0.3) is 5.91 Å². The largest absolute Gasteiger partial charge is 0.480 e. The van der Waals surface area contributed by atoms with E-state index in [0.717, 1.165) is 16.2 Å². The highest BCUT2D eigenvalue weighted by Gasteiger charge is 2.28. The van der Waals surface area contributed by atoms with Gasteiger partial charge >= 0.3 is 0 Å². The summed E-state index contributed by atoms with van der Waals surface area (Å²) in [5, 5.41) is 4.82. The van der Waals surface area contributed by atoms with Crippen LogP contribution >= 0.6 is 11.3 Å². The molecule has 1 aliphatic heterocycles. The van der Waals surface area contributed by atoms with Crippen LogP contribution in [0.3, 0.4) is 0 Å².